The van der Waals surface area contributed by atoms with Gasteiger partial charge in [-0.2, -0.15) is 0 Å². The Bertz CT molecular complexity index is 322. The Labute approximate surface area is 96.6 Å². The summed E-state index contributed by atoms with van der Waals surface area (Å²) in [6.07, 6.45) is 2.98. The van der Waals surface area contributed by atoms with Crippen molar-refractivity contribution in [2.24, 2.45) is 0 Å². The number of hydrogen-bond donors (Lipinski definition) is 1. The van der Waals surface area contributed by atoms with E-state index in [-0.39, 0.29) is 0 Å². The normalized spacial score (nSPS) is 17.2. The van der Waals surface area contributed by atoms with E-state index in [9.17, 15) is 0 Å². The summed E-state index contributed by atoms with van der Waals surface area (Å²) in [5.41, 5.74) is 2.34. The van der Waals surface area contributed by atoms with Crippen LogP contribution in [0, 0.1) is 0 Å². The SMILES string of the molecule is CNCc1cc(N2CCCOCC2)ccn1. The zero-order valence-corrected chi connectivity index (χ0v) is 9.78. The monoisotopic (exact) mass is 221 g/mol. The molecule has 0 amide bonds. The van der Waals surface area contributed by atoms with E-state index in [4.69, 9.17) is 4.74 Å². The molecule has 1 saturated heterocycles. The molecule has 4 nitrogen and oxygen atoms in total. The fourth-order valence-corrected chi connectivity index (χ4v) is 1.94. The minimum absolute atomic E-state index is 0.818. The maximum absolute atomic E-state index is 5.45. The lowest BCUT2D eigenvalue weighted by molar-refractivity contribution is 0.152. The van der Waals surface area contributed by atoms with Crippen LogP contribution < -0.4 is 10.2 Å². The first-order valence-corrected chi connectivity index (χ1v) is 5.82. The Hall–Kier alpha value is -1.13. The molecule has 1 aromatic rings. The van der Waals surface area contributed by atoms with Gasteiger partial charge in [-0.3, -0.25) is 4.98 Å². The van der Waals surface area contributed by atoms with E-state index in [0.717, 1.165) is 45.0 Å². The lowest BCUT2D eigenvalue weighted by Gasteiger charge is -2.22. The number of pyridine rings is 1. The van der Waals surface area contributed by atoms with E-state index in [1.807, 2.05) is 13.2 Å². The zero-order valence-electron chi connectivity index (χ0n) is 9.78. The van der Waals surface area contributed by atoms with Crippen molar-refractivity contribution in [2.45, 2.75) is 13.0 Å². The molecular weight excluding hydrogens is 202 g/mol. The van der Waals surface area contributed by atoms with Crippen LogP contribution in [0.3, 0.4) is 0 Å². The van der Waals surface area contributed by atoms with Crippen LogP contribution in [-0.4, -0.2) is 38.3 Å². The average Bonchev–Trinajstić information content (AvgIpc) is 2.58. The second-order valence-electron chi connectivity index (χ2n) is 3.99. The summed E-state index contributed by atoms with van der Waals surface area (Å²) in [5.74, 6) is 0. The fourth-order valence-electron chi connectivity index (χ4n) is 1.94. The van der Waals surface area contributed by atoms with Crippen LogP contribution in [0.5, 0.6) is 0 Å². The van der Waals surface area contributed by atoms with Crippen LogP contribution in [0.2, 0.25) is 0 Å². The third kappa shape index (κ3) is 2.93. The van der Waals surface area contributed by atoms with Crippen molar-refractivity contribution in [3.8, 4) is 0 Å². The number of nitrogens with zero attached hydrogens (tertiary/aromatic N) is 2. The summed E-state index contributed by atoms with van der Waals surface area (Å²) in [6, 6.07) is 4.23. The van der Waals surface area contributed by atoms with Gasteiger partial charge in [0, 0.05) is 38.1 Å². The molecule has 16 heavy (non-hydrogen) atoms. The average molecular weight is 221 g/mol. The van der Waals surface area contributed by atoms with Crippen molar-refractivity contribution in [1.29, 1.82) is 0 Å². The molecular formula is C12H19N3O. The minimum Gasteiger partial charge on any atom is -0.380 e. The predicted octanol–water partition coefficient (Wildman–Crippen LogP) is 1.03. The van der Waals surface area contributed by atoms with Gasteiger partial charge in [0.25, 0.3) is 0 Å². The molecule has 1 fully saturated rings. The second kappa shape index (κ2) is 5.82. The Morgan fingerprint density at radius 1 is 1.44 bits per heavy atom. The summed E-state index contributed by atoms with van der Waals surface area (Å²) >= 11 is 0. The highest BCUT2D eigenvalue weighted by atomic mass is 16.5. The molecule has 0 unspecified atom stereocenters. The van der Waals surface area contributed by atoms with Crippen LogP contribution in [-0.2, 0) is 11.3 Å². The molecule has 0 aliphatic carbocycles. The predicted molar refractivity (Wildman–Crippen MR) is 64.6 cm³/mol. The van der Waals surface area contributed by atoms with Crippen molar-refractivity contribution < 1.29 is 4.74 Å². The van der Waals surface area contributed by atoms with Gasteiger partial charge in [-0.05, 0) is 25.6 Å². The molecule has 2 rings (SSSR count). The van der Waals surface area contributed by atoms with Crippen LogP contribution in [0.4, 0.5) is 5.69 Å². The fraction of sp³-hybridized carbons (Fsp3) is 0.583. The van der Waals surface area contributed by atoms with Crippen LogP contribution in [0.1, 0.15) is 12.1 Å². The maximum Gasteiger partial charge on any atom is 0.0641 e. The summed E-state index contributed by atoms with van der Waals surface area (Å²) < 4.78 is 5.45. The van der Waals surface area contributed by atoms with E-state index in [1.165, 1.54) is 5.69 Å². The quantitative estimate of drug-likeness (QED) is 0.827. The van der Waals surface area contributed by atoms with Crippen molar-refractivity contribution >= 4 is 5.69 Å². The molecule has 0 saturated carbocycles. The molecule has 0 atom stereocenters. The molecule has 1 N–H and O–H groups in total. The third-order valence-electron chi connectivity index (χ3n) is 2.75. The Kier molecular flexibility index (Phi) is 4.13. The number of rotatable bonds is 3. The molecule has 1 aliphatic rings. The summed E-state index contributed by atoms with van der Waals surface area (Å²) in [5, 5.41) is 3.12. The van der Waals surface area contributed by atoms with Gasteiger partial charge < -0.3 is 15.0 Å². The molecule has 0 radical (unpaired) electrons. The summed E-state index contributed by atoms with van der Waals surface area (Å²) in [4.78, 5) is 6.70. The largest absolute Gasteiger partial charge is 0.380 e. The first-order valence-electron chi connectivity index (χ1n) is 5.82. The Morgan fingerprint density at radius 2 is 2.38 bits per heavy atom. The highest BCUT2D eigenvalue weighted by molar-refractivity contribution is 5.46. The van der Waals surface area contributed by atoms with Crippen molar-refractivity contribution in [2.75, 3.05) is 38.3 Å². The van der Waals surface area contributed by atoms with Crippen LogP contribution in [0.15, 0.2) is 18.3 Å². The zero-order chi connectivity index (χ0) is 11.2. The first-order chi connectivity index (χ1) is 7.90. The molecule has 1 aliphatic heterocycles. The highest BCUT2D eigenvalue weighted by Gasteiger charge is 2.10. The third-order valence-corrected chi connectivity index (χ3v) is 2.75. The van der Waals surface area contributed by atoms with Crippen molar-refractivity contribution in [1.82, 2.24) is 10.3 Å². The highest BCUT2D eigenvalue weighted by Crippen LogP contribution is 2.16. The smallest absolute Gasteiger partial charge is 0.0641 e. The lowest BCUT2D eigenvalue weighted by Crippen LogP contribution is -2.26. The van der Waals surface area contributed by atoms with Gasteiger partial charge >= 0.3 is 0 Å². The maximum atomic E-state index is 5.45. The van der Waals surface area contributed by atoms with Gasteiger partial charge in [-0.15, -0.1) is 0 Å². The molecule has 0 aromatic carbocycles. The standard InChI is InChI=1S/C12H19N3O/c1-13-10-11-9-12(3-4-14-11)15-5-2-7-16-8-6-15/h3-4,9,13H,2,5-8,10H2,1H3. The number of anilines is 1. The lowest BCUT2D eigenvalue weighted by atomic mass is 10.2. The number of aromatic nitrogens is 1. The van der Waals surface area contributed by atoms with Crippen LogP contribution >= 0.6 is 0 Å². The molecule has 0 spiro atoms. The molecule has 1 aromatic heterocycles. The van der Waals surface area contributed by atoms with Crippen molar-refractivity contribution in [3.05, 3.63) is 24.0 Å². The van der Waals surface area contributed by atoms with Gasteiger partial charge in [0.2, 0.25) is 0 Å². The Balaban J connectivity index is 2.08. The summed E-state index contributed by atoms with van der Waals surface area (Å²) in [7, 11) is 1.94. The van der Waals surface area contributed by atoms with E-state index >= 15 is 0 Å². The number of hydrogen-bond acceptors (Lipinski definition) is 4. The molecule has 88 valence electrons. The van der Waals surface area contributed by atoms with Gasteiger partial charge in [0.15, 0.2) is 0 Å². The minimum atomic E-state index is 0.818. The topological polar surface area (TPSA) is 37.4 Å². The van der Waals surface area contributed by atoms with Gasteiger partial charge in [0.1, 0.15) is 0 Å². The summed E-state index contributed by atoms with van der Waals surface area (Å²) in [6.45, 7) is 4.57. The van der Waals surface area contributed by atoms with E-state index in [0.29, 0.717) is 0 Å². The van der Waals surface area contributed by atoms with Gasteiger partial charge in [-0.25, -0.2) is 0 Å². The first kappa shape index (κ1) is 11.4. The number of nitrogens with one attached hydrogen (secondary N) is 1. The molecule has 2 heterocycles. The van der Waals surface area contributed by atoms with E-state index in [1.54, 1.807) is 0 Å². The van der Waals surface area contributed by atoms with Crippen LogP contribution in [0.25, 0.3) is 0 Å². The van der Waals surface area contributed by atoms with Gasteiger partial charge in [0.05, 0.1) is 12.3 Å². The molecule has 4 heteroatoms. The van der Waals surface area contributed by atoms with E-state index < -0.39 is 0 Å². The Morgan fingerprint density at radius 3 is 3.25 bits per heavy atom. The van der Waals surface area contributed by atoms with Crippen molar-refractivity contribution in [3.63, 3.8) is 0 Å². The number of ether oxygens (including phenoxy) is 1. The van der Waals surface area contributed by atoms with E-state index in [2.05, 4.69) is 27.3 Å². The molecule has 0 bridgehead atoms. The van der Waals surface area contributed by atoms with Gasteiger partial charge in [-0.1, -0.05) is 0 Å². The second-order valence-corrected chi connectivity index (χ2v) is 3.99.